The van der Waals surface area contributed by atoms with Gasteiger partial charge in [-0.2, -0.15) is 10.2 Å². The fraction of sp³-hybridized carbons (Fsp3) is 0.389. The number of nitrogens with two attached hydrogens (primary N) is 1. The first-order valence-corrected chi connectivity index (χ1v) is 10.6. The van der Waals surface area contributed by atoms with Gasteiger partial charge in [-0.05, 0) is 30.0 Å². The molecule has 3 heterocycles. The number of cyclic esters (lactones) is 1. The molecule has 3 aliphatic heterocycles. The third-order valence-corrected chi connectivity index (χ3v) is 5.98. The predicted octanol–water partition coefficient (Wildman–Crippen LogP) is -0.229. The zero-order chi connectivity index (χ0) is 22.8. The van der Waals surface area contributed by atoms with Crippen LogP contribution in [0, 0.1) is 5.82 Å². The summed E-state index contributed by atoms with van der Waals surface area (Å²) in [6, 6.07) is 4.46. The average Bonchev–Trinajstić information content (AvgIpc) is 3.39. The van der Waals surface area contributed by atoms with Crippen molar-refractivity contribution >= 4 is 52.4 Å². The molecule has 0 bridgehead atoms. The highest BCUT2D eigenvalue weighted by molar-refractivity contribution is 8.16. The van der Waals surface area contributed by atoms with Gasteiger partial charge in [0, 0.05) is 13.5 Å². The third kappa shape index (κ3) is 4.54. The molecule has 1 fully saturated rings. The maximum absolute atomic E-state index is 14.9. The van der Waals surface area contributed by atoms with E-state index in [-0.39, 0.29) is 29.5 Å². The first kappa shape index (κ1) is 21.7. The first-order valence-electron chi connectivity index (χ1n) is 9.71. The summed E-state index contributed by atoms with van der Waals surface area (Å²) in [5.41, 5.74) is 8.30. The smallest absolute Gasteiger partial charge is 0.414 e. The second-order valence-corrected chi connectivity index (χ2v) is 8.23. The van der Waals surface area contributed by atoms with Crippen LogP contribution >= 0.6 is 11.8 Å². The van der Waals surface area contributed by atoms with Crippen LogP contribution in [-0.4, -0.2) is 72.1 Å². The Morgan fingerprint density at radius 3 is 2.84 bits per heavy atom. The van der Waals surface area contributed by atoms with Gasteiger partial charge in [-0.15, -0.1) is 0 Å². The molecule has 1 saturated heterocycles. The van der Waals surface area contributed by atoms with Crippen LogP contribution in [0.1, 0.15) is 6.92 Å². The summed E-state index contributed by atoms with van der Waals surface area (Å²) in [6.07, 6.45) is 0.386. The van der Waals surface area contributed by atoms with E-state index in [2.05, 4.69) is 20.9 Å². The van der Waals surface area contributed by atoms with Crippen molar-refractivity contribution in [1.82, 2.24) is 15.8 Å². The van der Waals surface area contributed by atoms with Crippen LogP contribution in [0.25, 0.3) is 0 Å². The molecule has 0 aliphatic carbocycles. The number of rotatable bonds is 6. The number of carbonyl (C=O) groups is 3. The Morgan fingerprint density at radius 2 is 2.22 bits per heavy atom. The number of thioether (sulfide) groups is 1. The van der Waals surface area contributed by atoms with Crippen molar-refractivity contribution in [2.24, 2.45) is 15.9 Å². The van der Waals surface area contributed by atoms with E-state index in [0.717, 1.165) is 11.8 Å². The Hall–Kier alpha value is -3.55. The van der Waals surface area contributed by atoms with Crippen LogP contribution in [-0.2, 0) is 14.3 Å². The largest absolute Gasteiger partial charge is 0.442 e. The van der Waals surface area contributed by atoms with Crippen LogP contribution in [0.2, 0.25) is 0 Å². The summed E-state index contributed by atoms with van der Waals surface area (Å²) in [7, 11) is 0. The van der Waals surface area contributed by atoms with Gasteiger partial charge in [0.25, 0.3) is 5.91 Å². The van der Waals surface area contributed by atoms with Crippen molar-refractivity contribution < 1.29 is 23.5 Å². The molecule has 3 amide bonds. The number of halogens is 1. The SMILES string of the molecule is CC(=O)NCC1CN(c2ccc(N3C=NN(C4NN=C(C(N)=O)S4)CC3)c(F)c2)C(=O)O1. The summed E-state index contributed by atoms with van der Waals surface area (Å²) in [6.45, 7) is 2.67. The minimum absolute atomic E-state index is 0.175. The number of carbonyl (C=O) groups excluding carboxylic acids is 3. The van der Waals surface area contributed by atoms with Gasteiger partial charge < -0.3 is 20.7 Å². The molecule has 0 aromatic heterocycles. The molecule has 12 nitrogen and oxygen atoms in total. The number of primary amides is 1. The number of hydrazone groups is 2. The molecule has 4 rings (SSSR count). The van der Waals surface area contributed by atoms with Gasteiger partial charge in [-0.25, -0.2) is 9.18 Å². The Kier molecular flexibility index (Phi) is 6.03. The molecule has 2 atom stereocenters. The lowest BCUT2D eigenvalue weighted by Gasteiger charge is -2.32. The molecule has 170 valence electrons. The van der Waals surface area contributed by atoms with E-state index < -0.39 is 23.9 Å². The third-order valence-electron chi connectivity index (χ3n) is 4.90. The van der Waals surface area contributed by atoms with E-state index in [1.54, 1.807) is 22.0 Å². The topological polar surface area (TPSA) is 145 Å². The minimum atomic E-state index is -0.613. The van der Waals surface area contributed by atoms with Crippen molar-refractivity contribution in [3.63, 3.8) is 0 Å². The summed E-state index contributed by atoms with van der Waals surface area (Å²) >= 11 is 1.16. The van der Waals surface area contributed by atoms with Crippen LogP contribution in [0.15, 0.2) is 28.4 Å². The Bertz CT molecular complexity index is 1010. The van der Waals surface area contributed by atoms with E-state index >= 15 is 0 Å². The Labute approximate surface area is 186 Å². The number of hydrogen-bond acceptors (Lipinski definition) is 10. The maximum atomic E-state index is 14.9. The lowest BCUT2D eigenvalue weighted by molar-refractivity contribution is -0.119. The maximum Gasteiger partial charge on any atom is 0.414 e. The molecule has 1 aromatic rings. The highest BCUT2D eigenvalue weighted by atomic mass is 32.2. The second-order valence-electron chi connectivity index (χ2n) is 7.16. The van der Waals surface area contributed by atoms with E-state index in [1.165, 1.54) is 24.2 Å². The molecular weight excluding hydrogens is 443 g/mol. The summed E-state index contributed by atoms with van der Waals surface area (Å²) in [5, 5.41) is 12.6. The normalized spacial score (nSPS) is 22.5. The Morgan fingerprint density at radius 1 is 1.41 bits per heavy atom. The standard InChI is InChI=1S/C18H21FN8O4S/c1-10(28)21-7-12-8-26(18(30)31-12)11-2-3-14(13(19)6-11)25-4-5-27(22-9-25)17-24-23-16(32-17)15(20)29/h2-3,6,9,12,17,24H,4-5,7-8H2,1H3,(H2,20,29)(H,21,28). The molecule has 2 unspecified atom stereocenters. The number of benzene rings is 1. The van der Waals surface area contributed by atoms with Gasteiger partial charge in [0.1, 0.15) is 18.3 Å². The first-order chi connectivity index (χ1) is 15.3. The predicted molar refractivity (Wildman–Crippen MR) is 116 cm³/mol. The molecule has 4 N–H and O–H groups in total. The van der Waals surface area contributed by atoms with Crippen molar-refractivity contribution in [2.75, 3.05) is 36.0 Å². The highest BCUT2D eigenvalue weighted by Gasteiger charge is 2.33. The molecule has 0 spiro atoms. The summed E-state index contributed by atoms with van der Waals surface area (Å²) in [5.74, 6) is -1.36. The second kappa shape index (κ2) is 8.90. The van der Waals surface area contributed by atoms with Crippen LogP contribution in [0.5, 0.6) is 0 Å². The van der Waals surface area contributed by atoms with Gasteiger partial charge in [0.05, 0.1) is 31.0 Å². The van der Waals surface area contributed by atoms with Gasteiger partial charge in [-0.3, -0.25) is 24.9 Å². The highest BCUT2D eigenvalue weighted by Crippen LogP contribution is 2.29. The quantitative estimate of drug-likeness (QED) is 0.524. The lowest BCUT2D eigenvalue weighted by Crippen LogP contribution is -2.45. The van der Waals surface area contributed by atoms with Crippen molar-refractivity contribution in [3.8, 4) is 0 Å². The number of anilines is 2. The Balaban J connectivity index is 1.38. The fourth-order valence-electron chi connectivity index (χ4n) is 3.32. The van der Waals surface area contributed by atoms with Crippen LogP contribution < -0.4 is 26.3 Å². The number of hydrogen-bond donors (Lipinski definition) is 3. The van der Waals surface area contributed by atoms with E-state index in [0.29, 0.717) is 24.5 Å². The van der Waals surface area contributed by atoms with Gasteiger partial charge in [0.15, 0.2) is 10.5 Å². The zero-order valence-electron chi connectivity index (χ0n) is 17.0. The fourth-order valence-corrected chi connectivity index (χ4v) is 4.14. The molecule has 32 heavy (non-hydrogen) atoms. The average molecular weight is 464 g/mol. The van der Waals surface area contributed by atoms with E-state index in [1.807, 2.05) is 0 Å². The van der Waals surface area contributed by atoms with Crippen molar-refractivity contribution in [2.45, 2.75) is 18.5 Å². The lowest BCUT2D eigenvalue weighted by atomic mass is 10.2. The molecular formula is C18H21FN8O4S. The molecule has 0 saturated carbocycles. The monoisotopic (exact) mass is 464 g/mol. The van der Waals surface area contributed by atoms with Gasteiger partial charge in [0.2, 0.25) is 5.91 Å². The van der Waals surface area contributed by atoms with Crippen LogP contribution in [0.3, 0.4) is 0 Å². The summed E-state index contributed by atoms with van der Waals surface area (Å²) < 4.78 is 20.1. The van der Waals surface area contributed by atoms with Crippen LogP contribution in [0.4, 0.5) is 20.6 Å². The number of nitrogens with one attached hydrogen (secondary N) is 2. The number of amides is 3. The van der Waals surface area contributed by atoms with Crippen molar-refractivity contribution in [3.05, 3.63) is 24.0 Å². The van der Waals surface area contributed by atoms with Gasteiger partial charge in [-0.1, -0.05) is 0 Å². The van der Waals surface area contributed by atoms with E-state index in [4.69, 9.17) is 10.5 Å². The minimum Gasteiger partial charge on any atom is -0.442 e. The zero-order valence-corrected chi connectivity index (χ0v) is 17.8. The number of nitrogens with zero attached hydrogens (tertiary/aromatic N) is 5. The molecule has 1 aromatic carbocycles. The molecule has 14 heteroatoms. The van der Waals surface area contributed by atoms with Gasteiger partial charge >= 0.3 is 6.09 Å². The number of ether oxygens (including phenoxy) is 1. The summed E-state index contributed by atoms with van der Waals surface area (Å²) in [4.78, 5) is 37.4. The molecule has 0 radical (unpaired) electrons. The van der Waals surface area contributed by atoms with E-state index in [9.17, 15) is 18.8 Å². The molecule has 3 aliphatic rings. The van der Waals surface area contributed by atoms with Crippen molar-refractivity contribution in [1.29, 1.82) is 0 Å².